The maximum absolute atomic E-state index is 11.2. The van der Waals surface area contributed by atoms with Gasteiger partial charge >= 0.3 is 5.70 Å². The molecule has 0 bridgehead atoms. The van der Waals surface area contributed by atoms with Crippen LogP contribution in [0.4, 0.5) is 5.69 Å². The van der Waals surface area contributed by atoms with Crippen LogP contribution in [0.1, 0.15) is 11.7 Å². The first-order chi connectivity index (χ1) is 10.5. The van der Waals surface area contributed by atoms with E-state index in [-0.39, 0.29) is 23.3 Å². The summed E-state index contributed by atoms with van der Waals surface area (Å²) >= 11 is 4.20. The fourth-order valence-electron chi connectivity index (χ4n) is 2.06. The number of nitrogens with zero attached hydrogens (tertiary/aromatic N) is 2. The standard InChI is InChI=1S/C13H12N4O4S/c1-15-10(12(14)18)13-16-9(6-22)11(21-13)7-2-4-8(5-3-7)17(19)20/h2-5,9,11,16,22H,6H2,(H2,14,18)/b13-10-. The Morgan fingerprint density at radius 2 is 2.14 bits per heavy atom. The van der Waals surface area contributed by atoms with E-state index in [0.29, 0.717) is 11.3 Å². The van der Waals surface area contributed by atoms with Crippen LogP contribution in [0.15, 0.2) is 35.8 Å². The first kappa shape index (κ1) is 15.7. The van der Waals surface area contributed by atoms with Crippen molar-refractivity contribution in [3.63, 3.8) is 0 Å². The summed E-state index contributed by atoms with van der Waals surface area (Å²) in [6, 6.07) is 5.55. The van der Waals surface area contributed by atoms with Gasteiger partial charge in [-0.25, -0.2) is 4.85 Å². The summed E-state index contributed by atoms with van der Waals surface area (Å²) in [4.78, 5) is 24.4. The molecule has 2 rings (SSSR count). The van der Waals surface area contributed by atoms with Gasteiger partial charge < -0.3 is 15.8 Å². The summed E-state index contributed by atoms with van der Waals surface area (Å²) in [5.41, 5.74) is 5.44. The molecule has 1 aromatic rings. The average molecular weight is 320 g/mol. The van der Waals surface area contributed by atoms with Crippen molar-refractivity contribution in [3.8, 4) is 0 Å². The zero-order valence-corrected chi connectivity index (χ0v) is 12.1. The van der Waals surface area contributed by atoms with Crippen molar-refractivity contribution in [1.82, 2.24) is 5.32 Å². The maximum Gasteiger partial charge on any atom is 0.307 e. The van der Waals surface area contributed by atoms with Gasteiger partial charge in [0.05, 0.1) is 17.5 Å². The Morgan fingerprint density at radius 3 is 2.59 bits per heavy atom. The van der Waals surface area contributed by atoms with Gasteiger partial charge in [-0.05, 0) is 17.7 Å². The summed E-state index contributed by atoms with van der Waals surface area (Å²) in [6.07, 6.45) is -0.524. The molecule has 3 N–H and O–H groups in total. The highest BCUT2D eigenvalue weighted by Gasteiger charge is 2.35. The van der Waals surface area contributed by atoms with Gasteiger partial charge in [-0.3, -0.25) is 14.9 Å². The molecule has 1 fully saturated rings. The molecular weight excluding hydrogens is 308 g/mol. The Kier molecular flexibility index (Phi) is 4.53. The lowest BCUT2D eigenvalue weighted by atomic mass is 10.0. The van der Waals surface area contributed by atoms with Gasteiger partial charge in [-0.15, -0.1) is 0 Å². The van der Waals surface area contributed by atoms with E-state index >= 15 is 0 Å². The maximum atomic E-state index is 11.2. The number of primary amides is 1. The summed E-state index contributed by atoms with van der Waals surface area (Å²) in [7, 11) is 0. The van der Waals surface area contributed by atoms with Gasteiger partial charge in [0.1, 0.15) is 6.10 Å². The number of non-ortho nitro benzene ring substituents is 1. The predicted octanol–water partition coefficient (Wildman–Crippen LogP) is 1.13. The Morgan fingerprint density at radius 1 is 1.50 bits per heavy atom. The first-order valence-electron chi connectivity index (χ1n) is 6.18. The number of nitro benzene ring substituents is 1. The normalized spacial score (nSPS) is 22.2. The highest BCUT2D eigenvalue weighted by molar-refractivity contribution is 7.80. The molecule has 1 heterocycles. The van der Waals surface area contributed by atoms with E-state index in [4.69, 9.17) is 17.0 Å². The van der Waals surface area contributed by atoms with Crippen molar-refractivity contribution < 1.29 is 14.5 Å². The molecule has 1 saturated heterocycles. The second-order valence-corrected chi connectivity index (χ2v) is 4.84. The lowest BCUT2D eigenvalue weighted by Crippen LogP contribution is -2.28. The summed E-state index contributed by atoms with van der Waals surface area (Å²) < 4.78 is 5.60. The second-order valence-electron chi connectivity index (χ2n) is 4.47. The van der Waals surface area contributed by atoms with E-state index in [0.717, 1.165) is 0 Å². The SMILES string of the molecule is [C-]#[N+]/C(C(N)=O)=C1/NC(CS)C(c2ccc([N+](=O)[O-])cc2)O1. The molecule has 0 aromatic heterocycles. The lowest BCUT2D eigenvalue weighted by Gasteiger charge is -2.15. The smallest absolute Gasteiger partial charge is 0.307 e. The Labute approximate surface area is 131 Å². The number of ether oxygens (including phenoxy) is 1. The van der Waals surface area contributed by atoms with E-state index in [9.17, 15) is 14.9 Å². The zero-order chi connectivity index (χ0) is 16.3. The number of thiol groups is 1. The zero-order valence-electron chi connectivity index (χ0n) is 11.2. The van der Waals surface area contributed by atoms with Crippen molar-refractivity contribution in [3.05, 3.63) is 62.9 Å². The van der Waals surface area contributed by atoms with Crippen LogP contribution in [0.25, 0.3) is 4.85 Å². The van der Waals surface area contributed by atoms with Gasteiger partial charge in [-0.2, -0.15) is 12.6 Å². The van der Waals surface area contributed by atoms with Crippen LogP contribution < -0.4 is 11.1 Å². The van der Waals surface area contributed by atoms with Crippen LogP contribution in [0.5, 0.6) is 0 Å². The number of benzene rings is 1. The highest BCUT2D eigenvalue weighted by atomic mass is 32.1. The average Bonchev–Trinajstić information content (AvgIpc) is 2.91. The third-order valence-corrected chi connectivity index (χ3v) is 3.51. The Balaban J connectivity index is 2.33. The molecule has 2 atom stereocenters. The molecule has 0 radical (unpaired) electrons. The van der Waals surface area contributed by atoms with Crippen molar-refractivity contribution in [2.24, 2.45) is 5.73 Å². The molecule has 1 aliphatic heterocycles. The van der Waals surface area contributed by atoms with E-state index in [1.807, 2.05) is 0 Å². The molecule has 1 amide bonds. The minimum atomic E-state index is -0.889. The summed E-state index contributed by atoms with van der Waals surface area (Å²) in [5.74, 6) is -0.514. The van der Waals surface area contributed by atoms with Crippen LogP contribution in [0.3, 0.4) is 0 Å². The van der Waals surface area contributed by atoms with Crippen LogP contribution in [-0.4, -0.2) is 22.6 Å². The fraction of sp³-hybridized carbons (Fsp3) is 0.231. The topological polar surface area (TPSA) is 112 Å². The van der Waals surface area contributed by atoms with E-state index in [1.54, 1.807) is 12.1 Å². The number of carbonyl (C=O) groups is 1. The Bertz CT molecular complexity index is 680. The van der Waals surface area contributed by atoms with Gasteiger partial charge in [-0.1, -0.05) is 0 Å². The molecule has 22 heavy (non-hydrogen) atoms. The number of hydrogen-bond acceptors (Lipinski definition) is 6. The van der Waals surface area contributed by atoms with Crippen LogP contribution in [-0.2, 0) is 9.53 Å². The summed E-state index contributed by atoms with van der Waals surface area (Å²) in [5, 5.41) is 13.6. The second kappa shape index (κ2) is 6.36. The number of hydrogen-bond donors (Lipinski definition) is 3. The third-order valence-electron chi connectivity index (χ3n) is 3.12. The summed E-state index contributed by atoms with van der Waals surface area (Å²) in [6.45, 7) is 6.98. The molecule has 0 saturated carbocycles. The number of carbonyl (C=O) groups excluding carboxylic acids is 1. The highest BCUT2D eigenvalue weighted by Crippen LogP contribution is 2.32. The van der Waals surface area contributed by atoms with Gasteiger partial charge in [0.25, 0.3) is 11.6 Å². The third kappa shape index (κ3) is 2.96. The lowest BCUT2D eigenvalue weighted by molar-refractivity contribution is -0.384. The monoisotopic (exact) mass is 320 g/mol. The van der Waals surface area contributed by atoms with Crippen molar-refractivity contribution in [2.75, 3.05) is 5.75 Å². The van der Waals surface area contributed by atoms with Gasteiger partial charge in [0, 0.05) is 17.9 Å². The van der Waals surface area contributed by atoms with Crippen molar-refractivity contribution >= 4 is 24.2 Å². The minimum Gasteiger partial charge on any atom is -0.477 e. The van der Waals surface area contributed by atoms with E-state index < -0.39 is 16.9 Å². The molecular formula is C13H12N4O4S. The molecule has 0 aliphatic carbocycles. The van der Waals surface area contributed by atoms with Gasteiger partial charge in [0.15, 0.2) is 5.88 Å². The van der Waals surface area contributed by atoms with Crippen LogP contribution in [0.2, 0.25) is 0 Å². The van der Waals surface area contributed by atoms with E-state index in [2.05, 4.69) is 22.8 Å². The van der Waals surface area contributed by atoms with Crippen LogP contribution >= 0.6 is 12.6 Å². The molecule has 1 aromatic carbocycles. The quantitative estimate of drug-likeness (QED) is 0.253. The number of nitrogens with two attached hydrogens (primary N) is 1. The van der Waals surface area contributed by atoms with Crippen molar-refractivity contribution in [1.29, 1.82) is 0 Å². The fourth-order valence-corrected chi connectivity index (χ4v) is 2.34. The number of amides is 1. The number of rotatable bonds is 4. The predicted molar refractivity (Wildman–Crippen MR) is 80.5 cm³/mol. The molecule has 8 nitrogen and oxygen atoms in total. The number of nitrogens with one attached hydrogen (secondary N) is 1. The molecule has 9 heteroatoms. The molecule has 0 spiro atoms. The van der Waals surface area contributed by atoms with E-state index in [1.165, 1.54) is 12.1 Å². The van der Waals surface area contributed by atoms with Gasteiger partial charge in [0.2, 0.25) is 0 Å². The molecule has 2 unspecified atom stereocenters. The molecule has 1 aliphatic rings. The Hall–Kier alpha value is -2.73. The van der Waals surface area contributed by atoms with Crippen molar-refractivity contribution in [2.45, 2.75) is 12.1 Å². The van der Waals surface area contributed by atoms with Crippen LogP contribution in [0, 0.1) is 16.7 Å². The minimum absolute atomic E-state index is 0.00454. The molecule has 114 valence electrons. The largest absolute Gasteiger partial charge is 0.477 e. The number of nitro groups is 1. The first-order valence-corrected chi connectivity index (χ1v) is 6.81.